The zero-order valence-electron chi connectivity index (χ0n) is 21.9. The summed E-state index contributed by atoms with van der Waals surface area (Å²) in [5.41, 5.74) is -0.114. The average Bonchev–Trinajstić information content (AvgIpc) is 3.11. The Labute approximate surface area is 226 Å². The van der Waals surface area contributed by atoms with E-state index in [2.05, 4.69) is 0 Å². The molecule has 2 saturated heterocycles. The summed E-state index contributed by atoms with van der Waals surface area (Å²) in [5.74, 6) is -0.407. The number of ether oxygens (including phenoxy) is 2. The third-order valence-electron chi connectivity index (χ3n) is 7.06. The van der Waals surface area contributed by atoms with E-state index in [0.29, 0.717) is 18.8 Å². The summed E-state index contributed by atoms with van der Waals surface area (Å²) in [7, 11) is 0. The molecule has 0 unspecified atom stereocenters. The molecule has 1 N–H and O–H groups in total. The van der Waals surface area contributed by atoms with E-state index in [1.807, 2.05) is 11.8 Å². The van der Waals surface area contributed by atoms with Crippen molar-refractivity contribution in [2.24, 2.45) is 0 Å². The lowest BCUT2D eigenvalue weighted by Gasteiger charge is -2.40. The predicted octanol–water partition coefficient (Wildman–Crippen LogP) is 3.95. The van der Waals surface area contributed by atoms with Crippen molar-refractivity contribution in [1.82, 2.24) is 14.8 Å². The topological polar surface area (TPSA) is 95.4 Å². The van der Waals surface area contributed by atoms with Crippen LogP contribution < -0.4 is 9.64 Å². The van der Waals surface area contributed by atoms with Crippen molar-refractivity contribution in [2.75, 3.05) is 37.7 Å². The molecule has 38 heavy (non-hydrogen) atoms. The summed E-state index contributed by atoms with van der Waals surface area (Å²) in [4.78, 5) is 36.6. The molecule has 3 aliphatic heterocycles. The van der Waals surface area contributed by atoms with Crippen LogP contribution in [0.1, 0.15) is 44.5 Å². The quantitative estimate of drug-likeness (QED) is 0.609. The number of rotatable bonds is 2. The molecule has 4 heterocycles. The maximum Gasteiger partial charge on any atom is 0.410 e. The molecule has 204 valence electrons. The van der Waals surface area contributed by atoms with Crippen molar-refractivity contribution >= 4 is 29.4 Å². The second kappa shape index (κ2) is 9.89. The second-order valence-electron chi connectivity index (χ2n) is 11.1. The number of β-amino-alcohol motifs (C(OH)–C–C–N with tert-alkyl or cyclic N) is 1. The van der Waals surface area contributed by atoms with Gasteiger partial charge >= 0.3 is 6.09 Å². The molecule has 2 amide bonds. The molecular formula is C27H32ClFN4O5. The summed E-state index contributed by atoms with van der Waals surface area (Å²) in [6.07, 6.45) is -0.546. The van der Waals surface area contributed by atoms with E-state index in [1.54, 1.807) is 48.8 Å². The maximum absolute atomic E-state index is 14.9. The monoisotopic (exact) mass is 546 g/mol. The molecule has 2 fully saturated rings. The molecule has 0 aliphatic carbocycles. The molecule has 0 saturated carbocycles. The normalized spacial score (nSPS) is 23.5. The number of hydrogen-bond donors (Lipinski definition) is 1. The highest BCUT2D eigenvalue weighted by Crippen LogP contribution is 2.45. The van der Waals surface area contributed by atoms with Gasteiger partial charge in [-0.15, -0.1) is 0 Å². The Balaban J connectivity index is 1.57. The van der Waals surface area contributed by atoms with Crippen LogP contribution in [0.5, 0.6) is 5.75 Å². The summed E-state index contributed by atoms with van der Waals surface area (Å²) in [6, 6.07) is 5.58. The number of amides is 2. The Kier molecular flexibility index (Phi) is 6.89. The van der Waals surface area contributed by atoms with Crippen LogP contribution in [0.3, 0.4) is 0 Å². The minimum atomic E-state index is -0.644. The minimum Gasteiger partial charge on any atom is -0.489 e. The number of nitrogens with zero attached hydrogens (tertiary/aromatic N) is 4. The molecule has 0 bridgehead atoms. The Morgan fingerprint density at radius 1 is 1.21 bits per heavy atom. The van der Waals surface area contributed by atoms with Crippen LogP contribution in [0.2, 0.25) is 5.02 Å². The summed E-state index contributed by atoms with van der Waals surface area (Å²) in [6.45, 7) is 8.49. The van der Waals surface area contributed by atoms with Gasteiger partial charge in [-0.1, -0.05) is 23.7 Å². The van der Waals surface area contributed by atoms with E-state index in [0.717, 1.165) is 0 Å². The van der Waals surface area contributed by atoms with Crippen molar-refractivity contribution in [2.45, 2.75) is 57.9 Å². The SMILES string of the molecule is C[C@H]1C[C@H](O)CN1c1nc(-c2ccccc2F)c(Cl)c2c1C(=O)N1CCN(C(=O)OC(C)(C)C)C[C@@H]1CO2. The van der Waals surface area contributed by atoms with Gasteiger partial charge < -0.3 is 29.3 Å². The summed E-state index contributed by atoms with van der Waals surface area (Å²) in [5, 5.41) is 10.4. The van der Waals surface area contributed by atoms with E-state index in [9.17, 15) is 19.1 Å². The van der Waals surface area contributed by atoms with Crippen LogP contribution >= 0.6 is 11.6 Å². The van der Waals surface area contributed by atoms with Gasteiger partial charge in [0.25, 0.3) is 5.91 Å². The number of fused-ring (bicyclic) bond motifs is 2. The zero-order valence-corrected chi connectivity index (χ0v) is 22.7. The van der Waals surface area contributed by atoms with Crippen LogP contribution in [0.15, 0.2) is 24.3 Å². The number of anilines is 1. The van der Waals surface area contributed by atoms with Gasteiger partial charge in [0, 0.05) is 37.8 Å². The predicted molar refractivity (Wildman–Crippen MR) is 140 cm³/mol. The number of hydrogen-bond acceptors (Lipinski definition) is 7. The molecule has 3 aliphatic rings. The number of carbonyl (C=O) groups excluding carboxylic acids is 2. The molecule has 5 rings (SSSR count). The van der Waals surface area contributed by atoms with E-state index >= 15 is 0 Å². The van der Waals surface area contributed by atoms with Gasteiger partial charge in [0.1, 0.15) is 34.4 Å². The Morgan fingerprint density at radius 2 is 1.95 bits per heavy atom. The van der Waals surface area contributed by atoms with E-state index in [1.165, 1.54) is 6.07 Å². The molecule has 3 atom stereocenters. The lowest BCUT2D eigenvalue weighted by atomic mass is 10.1. The van der Waals surface area contributed by atoms with Crippen molar-refractivity contribution in [1.29, 1.82) is 0 Å². The first-order valence-electron chi connectivity index (χ1n) is 12.8. The Hall–Kier alpha value is -3.11. The number of aliphatic hydroxyl groups is 1. The van der Waals surface area contributed by atoms with Gasteiger partial charge in [0.15, 0.2) is 5.75 Å². The van der Waals surface area contributed by atoms with Gasteiger partial charge in [-0.25, -0.2) is 14.2 Å². The second-order valence-corrected chi connectivity index (χ2v) is 11.4. The van der Waals surface area contributed by atoms with Gasteiger partial charge in [0.05, 0.1) is 17.8 Å². The van der Waals surface area contributed by atoms with Crippen molar-refractivity contribution in [3.8, 4) is 17.0 Å². The summed E-state index contributed by atoms with van der Waals surface area (Å²) >= 11 is 6.79. The maximum atomic E-state index is 14.9. The van der Waals surface area contributed by atoms with Gasteiger partial charge in [-0.05, 0) is 46.2 Å². The third-order valence-corrected chi connectivity index (χ3v) is 7.41. The highest BCUT2D eigenvalue weighted by molar-refractivity contribution is 6.35. The first kappa shape index (κ1) is 26.5. The number of aliphatic hydroxyl groups excluding tert-OH is 1. The minimum absolute atomic E-state index is 0.0402. The highest BCUT2D eigenvalue weighted by Gasteiger charge is 2.43. The molecule has 9 nitrogen and oxygen atoms in total. The lowest BCUT2D eigenvalue weighted by molar-refractivity contribution is 0.000954. The Morgan fingerprint density at radius 3 is 2.61 bits per heavy atom. The number of halogens is 2. The highest BCUT2D eigenvalue weighted by atomic mass is 35.5. The average molecular weight is 547 g/mol. The van der Waals surface area contributed by atoms with Crippen molar-refractivity contribution in [3.05, 3.63) is 40.7 Å². The molecule has 2 aromatic rings. The number of carbonyl (C=O) groups is 2. The van der Waals surface area contributed by atoms with Crippen molar-refractivity contribution in [3.63, 3.8) is 0 Å². The van der Waals surface area contributed by atoms with E-state index in [4.69, 9.17) is 26.1 Å². The summed E-state index contributed by atoms with van der Waals surface area (Å²) < 4.78 is 26.6. The van der Waals surface area contributed by atoms with Gasteiger partial charge in [0.2, 0.25) is 0 Å². The van der Waals surface area contributed by atoms with E-state index < -0.39 is 29.7 Å². The third kappa shape index (κ3) is 4.87. The van der Waals surface area contributed by atoms with Crippen LogP contribution in [-0.4, -0.2) is 88.5 Å². The van der Waals surface area contributed by atoms with Gasteiger partial charge in [-0.3, -0.25) is 4.79 Å². The van der Waals surface area contributed by atoms with Crippen LogP contribution in [0.25, 0.3) is 11.3 Å². The zero-order chi connectivity index (χ0) is 27.4. The van der Waals surface area contributed by atoms with Crippen LogP contribution in [0.4, 0.5) is 15.0 Å². The lowest BCUT2D eigenvalue weighted by Crippen LogP contribution is -2.58. The van der Waals surface area contributed by atoms with Crippen LogP contribution in [0, 0.1) is 5.82 Å². The first-order chi connectivity index (χ1) is 17.9. The number of benzene rings is 1. The largest absolute Gasteiger partial charge is 0.489 e. The molecule has 1 aromatic carbocycles. The first-order valence-corrected chi connectivity index (χ1v) is 13.2. The van der Waals surface area contributed by atoms with E-state index in [-0.39, 0.29) is 65.8 Å². The van der Waals surface area contributed by atoms with Crippen LogP contribution in [-0.2, 0) is 4.74 Å². The number of pyridine rings is 1. The Bertz CT molecular complexity index is 1270. The molecule has 0 radical (unpaired) electrons. The standard InChI is InChI=1S/C27H32ClFN4O5/c1-15-11-17(34)13-33(15)24-20-23(21(28)22(30-24)18-7-5-6-8-19(18)29)37-14-16-12-31(9-10-32(16)25(20)35)26(36)38-27(2,3)4/h5-8,15-17,34H,9-14H2,1-4H3/t15-,16+,17-/m0/s1. The molecule has 0 spiro atoms. The number of aromatic nitrogens is 1. The number of piperazine rings is 1. The van der Waals surface area contributed by atoms with Gasteiger partial charge in [-0.2, -0.15) is 0 Å². The van der Waals surface area contributed by atoms with Crippen molar-refractivity contribution < 1.29 is 28.6 Å². The molecule has 1 aromatic heterocycles. The molecule has 11 heteroatoms. The fourth-order valence-electron chi connectivity index (χ4n) is 5.28. The molecular weight excluding hydrogens is 515 g/mol. The smallest absolute Gasteiger partial charge is 0.410 e. The fraction of sp³-hybridized carbons (Fsp3) is 0.519. The fourth-order valence-corrected chi connectivity index (χ4v) is 5.57.